The van der Waals surface area contributed by atoms with Crippen LogP contribution in [0.1, 0.15) is 21.8 Å². The molecule has 0 aliphatic carbocycles. The maximum atomic E-state index is 4.73. The average Bonchev–Trinajstić information content (AvgIpc) is 3.08. The monoisotopic (exact) mass is 373 g/mol. The van der Waals surface area contributed by atoms with E-state index in [9.17, 15) is 0 Å². The lowest BCUT2D eigenvalue weighted by molar-refractivity contribution is 0.705. The quantitative estimate of drug-likeness (QED) is 0.523. The number of rotatable bonds is 2. The van der Waals surface area contributed by atoms with Crippen molar-refractivity contribution in [2.24, 2.45) is 0 Å². The first kappa shape index (κ1) is 16.3. The molecule has 0 aromatic carbocycles. The van der Waals surface area contributed by atoms with Crippen LogP contribution < -0.4 is 4.90 Å². The molecule has 5 rings (SSSR count). The summed E-state index contributed by atoms with van der Waals surface area (Å²) >= 11 is 1.72. The number of nitrogens with zero attached hydrogens (tertiary/aromatic N) is 5. The number of fused-ring (bicyclic) bond motifs is 2. The molecule has 5 nitrogen and oxygen atoms in total. The molecule has 0 radical (unpaired) electrons. The van der Waals surface area contributed by atoms with Crippen LogP contribution in [0.15, 0.2) is 43.0 Å². The fourth-order valence-electron chi connectivity index (χ4n) is 3.62. The van der Waals surface area contributed by atoms with Crippen LogP contribution >= 0.6 is 11.3 Å². The summed E-state index contributed by atoms with van der Waals surface area (Å²) in [7, 11) is 0. The van der Waals surface area contributed by atoms with Gasteiger partial charge >= 0.3 is 0 Å². The van der Waals surface area contributed by atoms with Crippen molar-refractivity contribution in [3.8, 4) is 11.1 Å². The van der Waals surface area contributed by atoms with Gasteiger partial charge in [0.15, 0.2) is 0 Å². The number of thiophene rings is 1. The SMILES string of the molecule is Cc1ccc(-c2cnc3c(c2)CN(c2ncnc4sc(C)cc24)CC3)cn1. The van der Waals surface area contributed by atoms with E-state index in [-0.39, 0.29) is 0 Å². The maximum Gasteiger partial charge on any atom is 0.141 e. The molecular formula is C21H19N5S. The van der Waals surface area contributed by atoms with Gasteiger partial charge in [-0.3, -0.25) is 9.97 Å². The predicted molar refractivity (Wildman–Crippen MR) is 109 cm³/mol. The normalized spacial score (nSPS) is 13.8. The summed E-state index contributed by atoms with van der Waals surface area (Å²) in [5.41, 5.74) is 5.68. The molecule has 27 heavy (non-hydrogen) atoms. The van der Waals surface area contributed by atoms with Crippen molar-refractivity contribution < 1.29 is 0 Å². The van der Waals surface area contributed by atoms with E-state index < -0.39 is 0 Å². The van der Waals surface area contributed by atoms with Gasteiger partial charge in [0.25, 0.3) is 0 Å². The second kappa shape index (κ2) is 6.39. The number of pyridine rings is 2. The van der Waals surface area contributed by atoms with Gasteiger partial charge in [-0.15, -0.1) is 11.3 Å². The number of hydrogen-bond acceptors (Lipinski definition) is 6. The van der Waals surface area contributed by atoms with Crippen LogP contribution in [0, 0.1) is 13.8 Å². The highest BCUT2D eigenvalue weighted by Gasteiger charge is 2.21. The minimum atomic E-state index is 0.816. The molecule has 134 valence electrons. The zero-order valence-electron chi connectivity index (χ0n) is 15.3. The van der Waals surface area contributed by atoms with Crippen LogP contribution in [-0.2, 0) is 13.0 Å². The van der Waals surface area contributed by atoms with E-state index in [1.165, 1.54) is 16.1 Å². The molecule has 4 aromatic rings. The van der Waals surface area contributed by atoms with Gasteiger partial charge in [-0.1, -0.05) is 6.07 Å². The third-order valence-electron chi connectivity index (χ3n) is 5.02. The second-order valence-corrected chi connectivity index (χ2v) is 8.20. The Kier molecular flexibility index (Phi) is 3.86. The molecule has 0 spiro atoms. The van der Waals surface area contributed by atoms with E-state index in [4.69, 9.17) is 4.98 Å². The highest BCUT2D eigenvalue weighted by Crippen LogP contribution is 2.33. The highest BCUT2D eigenvalue weighted by atomic mass is 32.1. The van der Waals surface area contributed by atoms with Gasteiger partial charge in [0, 0.05) is 59.3 Å². The van der Waals surface area contributed by atoms with Crippen molar-refractivity contribution >= 4 is 27.4 Å². The lowest BCUT2D eigenvalue weighted by Gasteiger charge is -2.29. The Labute approximate surface area is 161 Å². The van der Waals surface area contributed by atoms with E-state index in [1.807, 2.05) is 25.4 Å². The van der Waals surface area contributed by atoms with E-state index in [2.05, 4.69) is 45.0 Å². The van der Waals surface area contributed by atoms with Crippen molar-refractivity contribution in [2.75, 3.05) is 11.4 Å². The van der Waals surface area contributed by atoms with Gasteiger partial charge in [0.2, 0.25) is 0 Å². The summed E-state index contributed by atoms with van der Waals surface area (Å²) in [5, 5.41) is 1.15. The van der Waals surface area contributed by atoms with E-state index >= 15 is 0 Å². The summed E-state index contributed by atoms with van der Waals surface area (Å²) < 4.78 is 0. The summed E-state index contributed by atoms with van der Waals surface area (Å²) in [4.78, 5) is 22.8. The van der Waals surface area contributed by atoms with Crippen LogP contribution in [0.2, 0.25) is 0 Å². The van der Waals surface area contributed by atoms with Crippen LogP contribution in [0.3, 0.4) is 0 Å². The van der Waals surface area contributed by atoms with Gasteiger partial charge in [-0.25, -0.2) is 9.97 Å². The fourth-order valence-corrected chi connectivity index (χ4v) is 4.46. The molecule has 0 saturated carbocycles. The van der Waals surface area contributed by atoms with Gasteiger partial charge in [-0.05, 0) is 37.6 Å². The summed E-state index contributed by atoms with van der Waals surface area (Å²) in [6.45, 7) is 5.86. The van der Waals surface area contributed by atoms with E-state index in [0.717, 1.165) is 52.4 Å². The molecule has 0 amide bonds. The van der Waals surface area contributed by atoms with Crippen LogP contribution in [0.5, 0.6) is 0 Å². The lowest BCUT2D eigenvalue weighted by atomic mass is 10.0. The topological polar surface area (TPSA) is 54.8 Å². The molecule has 1 aliphatic rings. The standard InChI is InChI=1S/C21H19N5S/c1-13-3-4-15(9-22-13)16-8-17-11-26(6-5-19(17)23-10-16)20-18-7-14(2)27-21(18)25-12-24-20/h3-4,7-10,12H,5-6,11H2,1-2H3. The molecular weight excluding hydrogens is 354 g/mol. The van der Waals surface area contributed by atoms with E-state index in [0.29, 0.717) is 0 Å². The smallest absolute Gasteiger partial charge is 0.141 e. The lowest BCUT2D eigenvalue weighted by Crippen LogP contribution is -2.31. The van der Waals surface area contributed by atoms with E-state index in [1.54, 1.807) is 17.7 Å². The van der Waals surface area contributed by atoms with Crippen molar-refractivity contribution in [2.45, 2.75) is 26.8 Å². The molecule has 0 saturated heterocycles. The molecule has 0 N–H and O–H groups in total. The summed E-state index contributed by atoms with van der Waals surface area (Å²) in [6, 6.07) is 8.58. The molecule has 5 heterocycles. The Morgan fingerprint density at radius 2 is 1.85 bits per heavy atom. The first-order chi connectivity index (χ1) is 13.2. The summed E-state index contributed by atoms with van der Waals surface area (Å²) in [6.07, 6.45) is 6.49. The Morgan fingerprint density at radius 1 is 0.963 bits per heavy atom. The first-order valence-corrected chi connectivity index (χ1v) is 9.86. The zero-order chi connectivity index (χ0) is 18.4. The third-order valence-corrected chi connectivity index (χ3v) is 5.97. The second-order valence-electron chi connectivity index (χ2n) is 6.96. The number of anilines is 1. The molecule has 0 bridgehead atoms. The van der Waals surface area contributed by atoms with Gasteiger partial charge < -0.3 is 4.90 Å². The van der Waals surface area contributed by atoms with Crippen LogP contribution in [0.25, 0.3) is 21.3 Å². The van der Waals surface area contributed by atoms with Gasteiger partial charge in [0.05, 0.1) is 5.39 Å². The largest absolute Gasteiger partial charge is 0.351 e. The molecule has 0 atom stereocenters. The van der Waals surface area contributed by atoms with Crippen molar-refractivity contribution in [1.82, 2.24) is 19.9 Å². The summed E-state index contributed by atoms with van der Waals surface area (Å²) in [5.74, 6) is 1.03. The average molecular weight is 373 g/mol. The molecule has 1 aliphatic heterocycles. The third kappa shape index (κ3) is 2.96. The fraction of sp³-hybridized carbons (Fsp3) is 0.238. The maximum absolute atomic E-state index is 4.73. The first-order valence-electron chi connectivity index (χ1n) is 9.04. The Hall–Kier alpha value is -2.86. The highest BCUT2D eigenvalue weighted by molar-refractivity contribution is 7.18. The Bertz CT molecular complexity index is 1130. The zero-order valence-corrected chi connectivity index (χ0v) is 16.1. The number of hydrogen-bond donors (Lipinski definition) is 0. The minimum Gasteiger partial charge on any atom is -0.351 e. The minimum absolute atomic E-state index is 0.816. The Balaban J connectivity index is 1.51. The van der Waals surface area contributed by atoms with Crippen LogP contribution in [-0.4, -0.2) is 26.5 Å². The Morgan fingerprint density at radius 3 is 2.70 bits per heavy atom. The number of aromatic nitrogens is 4. The van der Waals surface area contributed by atoms with Crippen molar-refractivity contribution in [3.05, 3.63) is 64.8 Å². The van der Waals surface area contributed by atoms with Crippen molar-refractivity contribution in [1.29, 1.82) is 0 Å². The molecule has 6 heteroatoms. The number of aryl methyl sites for hydroxylation is 2. The van der Waals surface area contributed by atoms with Crippen molar-refractivity contribution in [3.63, 3.8) is 0 Å². The molecule has 0 unspecified atom stereocenters. The molecule has 0 fully saturated rings. The van der Waals surface area contributed by atoms with Gasteiger partial charge in [0.1, 0.15) is 17.0 Å². The molecule has 4 aromatic heterocycles. The predicted octanol–water partition coefficient (Wildman–Crippen LogP) is 4.33. The van der Waals surface area contributed by atoms with Gasteiger partial charge in [-0.2, -0.15) is 0 Å². The van der Waals surface area contributed by atoms with Crippen LogP contribution in [0.4, 0.5) is 5.82 Å².